The summed E-state index contributed by atoms with van der Waals surface area (Å²) in [7, 11) is 0. The lowest BCUT2D eigenvalue weighted by Crippen LogP contribution is -2.46. The average Bonchev–Trinajstić information content (AvgIpc) is 2.40. The molecule has 18 heavy (non-hydrogen) atoms. The third kappa shape index (κ3) is 3.85. The molecule has 4 nitrogen and oxygen atoms in total. The summed E-state index contributed by atoms with van der Waals surface area (Å²) in [4.78, 5) is 9.41. The normalized spacial score (nSPS) is 17.1. The van der Waals surface area contributed by atoms with E-state index in [1.165, 1.54) is 5.69 Å². The fraction of sp³-hybridized carbons (Fsp3) is 0.538. The van der Waals surface area contributed by atoms with Crippen LogP contribution >= 0.6 is 11.6 Å². The summed E-state index contributed by atoms with van der Waals surface area (Å²) >= 11 is 6.01. The van der Waals surface area contributed by atoms with Gasteiger partial charge in [-0.15, -0.1) is 0 Å². The molecule has 1 aliphatic heterocycles. The van der Waals surface area contributed by atoms with Crippen molar-refractivity contribution in [1.82, 2.24) is 4.90 Å². The van der Waals surface area contributed by atoms with Crippen LogP contribution in [0, 0.1) is 0 Å². The van der Waals surface area contributed by atoms with Crippen molar-refractivity contribution in [3.05, 3.63) is 29.3 Å². The quantitative estimate of drug-likeness (QED) is 0.653. The number of anilines is 1. The molecule has 0 aliphatic carbocycles. The van der Waals surface area contributed by atoms with Gasteiger partial charge in [-0.05, 0) is 24.6 Å². The van der Waals surface area contributed by atoms with Gasteiger partial charge in [-0.3, -0.25) is 4.90 Å². The zero-order valence-corrected chi connectivity index (χ0v) is 11.3. The van der Waals surface area contributed by atoms with Crippen molar-refractivity contribution in [2.24, 2.45) is 5.90 Å². The highest BCUT2D eigenvalue weighted by Crippen LogP contribution is 2.20. The van der Waals surface area contributed by atoms with E-state index in [0.717, 1.165) is 44.2 Å². The van der Waals surface area contributed by atoms with Gasteiger partial charge < -0.3 is 9.74 Å². The molecule has 2 N–H and O–H groups in total. The van der Waals surface area contributed by atoms with E-state index in [0.29, 0.717) is 6.61 Å². The second-order valence-electron chi connectivity index (χ2n) is 4.53. The molecule has 0 saturated carbocycles. The molecule has 1 heterocycles. The van der Waals surface area contributed by atoms with Crippen LogP contribution < -0.4 is 10.8 Å². The first-order valence-corrected chi connectivity index (χ1v) is 6.72. The molecule has 0 spiro atoms. The third-order valence-electron chi connectivity index (χ3n) is 3.28. The predicted octanol–water partition coefficient (Wildman–Crippen LogP) is 1.74. The molecular formula is C13H20ClN3O. The molecule has 1 fully saturated rings. The summed E-state index contributed by atoms with van der Waals surface area (Å²) in [6.07, 6.45) is 0.994. The first-order chi connectivity index (χ1) is 8.79. The molecule has 0 amide bonds. The van der Waals surface area contributed by atoms with Gasteiger partial charge >= 0.3 is 0 Å². The van der Waals surface area contributed by atoms with Crippen LogP contribution in [0.2, 0.25) is 5.02 Å². The zero-order chi connectivity index (χ0) is 12.8. The molecule has 5 heteroatoms. The van der Waals surface area contributed by atoms with E-state index in [-0.39, 0.29) is 0 Å². The van der Waals surface area contributed by atoms with Crippen LogP contribution in [0.15, 0.2) is 24.3 Å². The number of rotatable bonds is 5. The van der Waals surface area contributed by atoms with Crippen molar-refractivity contribution in [2.45, 2.75) is 6.42 Å². The first-order valence-electron chi connectivity index (χ1n) is 6.34. The van der Waals surface area contributed by atoms with Crippen molar-refractivity contribution in [3.63, 3.8) is 0 Å². The minimum absolute atomic E-state index is 0.633. The third-order valence-corrected chi connectivity index (χ3v) is 3.52. The number of halogens is 1. The molecule has 0 unspecified atom stereocenters. The molecule has 0 atom stereocenters. The number of hydrogen-bond acceptors (Lipinski definition) is 4. The summed E-state index contributed by atoms with van der Waals surface area (Å²) in [6, 6.07) is 8.06. The van der Waals surface area contributed by atoms with Crippen molar-refractivity contribution in [3.8, 4) is 0 Å². The maximum absolute atomic E-state index is 6.01. The Kier molecular flexibility index (Phi) is 5.26. The standard InChI is InChI=1S/C13H20ClN3O/c14-12-3-1-4-13(11-12)17-8-6-16(7-9-17)5-2-10-18-15/h1,3-4,11H,2,5-10,15H2. The van der Waals surface area contributed by atoms with Gasteiger partial charge in [0.1, 0.15) is 0 Å². The Morgan fingerprint density at radius 1 is 1.22 bits per heavy atom. The van der Waals surface area contributed by atoms with Gasteiger partial charge in [0.15, 0.2) is 0 Å². The number of benzene rings is 1. The molecule has 100 valence electrons. The second kappa shape index (κ2) is 6.95. The number of nitrogens with two attached hydrogens (primary N) is 1. The van der Waals surface area contributed by atoms with Gasteiger partial charge in [-0.25, -0.2) is 5.90 Å². The van der Waals surface area contributed by atoms with E-state index in [4.69, 9.17) is 17.5 Å². The Morgan fingerprint density at radius 3 is 2.67 bits per heavy atom. The molecule has 1 saturated heterocycles. The Bertz CT molecular complexity index is 367. The molecule has 0 radical (unpaired) electrons. The van der Waals surface area contributed by atoms with Gasteiger partial charge in [0, 0.05) is 43.4 Å². The molecule has 1 aromatic rings. The molecule has 1 aliphatic rings. The van der Waals surface area contributed by atoms with Gasteiger partial charge in [0.2, 0.25) is 0 Å². The average molecular weight is 270 g/mol. The van der Waals surface area contributed by atoms with Crippen LogP contribution in [-0.2, 0) is 4.84 Å². The SMILES string of the molecule is NOCCCN1CCN(c2cccc(Cl)c2)CC1. The van der Waals surface area contributed by atoms with E-state index >= 15 is 0 Å². The monoisotopic (exact) mass is 269 g/mol. The van der Waals surface area contributed by atoms with E-state index in [1.807, 2.05) is 18.2 Å². The Hall–Kier alpha value is -0.810. The Labute approximate surface area is 113 Å². The predicted molar refractivity (Wildman–Crippen MR) is 74.9 cm³/mol. The highest BCUT2D eigenvalue weighted by Gasteiger charge is 2.16. The first kappa shape index (κ1) is 13.6. The van der Waals surface area contributed by atoms with Gasteiger partial charge in [-0.1, -0.05) is 17.7 Å². The lowest BCUT2D eigenvalue weighted by atomic mass is 10.2. The lowest BCUT2D eigenvalue weighted by Gasteiger charge is -2.36. The lowest BCUT2D eigenvalue weighted by molar-refractivity contribution is 0.122. The maximum Gasteiger partial charge on any atom is 0.0691 e. The van der Waals surface area contributed by atoms with Crippen LogP contribution in [0.25, 0.3) is 0 Å². The second-order valence-corrected chi connectivity index (χ2v) is 4.97. The summed E-state index contributed by atoms with van der Waals surface area (Å²) < 4.78 is 0. The Balaban J connectivity index is 1.79. The minimum atomic E-state index is 0.633. The summed E-state index contributed by atoms with van der Waals surface area (Å²) in [5.41, 5.74) is 1.22. The Morgan fingerprint density at radius 2 is 2.00 bits per heavy atom. The molecule has 1 aromatic carbocycles. The summed E-state index contributed by atoms with van der Waals surface area (Å²) in [6.45, 7) is 5.94. The fourth-order valence-corrected chi connectivity index (χ4v) is 2.46. The fourth-order valence-electron chi connectivity index (χ4n) is 2.27. The molecular weight excluding hydrogens is 250 g/mol. The summed E-state index contributed by atoms with van der Waals surface area (Å²) in [5.74, 6) is 5.02. The van der Waals surface area contributed by atoms with Crippen molar-refractivity contribution >= 4 is 17.3 Å². The maximum atomic E-state index is 6.01. The van der Waals surface area contributed by atoms with Crippen LogP contribution in [0.5, 0.6) is 0 Å². The van der Waals surface area contributed by atoms with E-state index < -0.39 is 0 Å². The molecule has 2 rings (SSSR count). The van der Waals surface area contributed by atoms with Crippen molar-refractivity contribution in [2.75, 3.05) is 44.2 Å². The van der Waals surface area contributed by atoms with E-state index in [9.17, 15) is 0 Å². The van der Waals surface area contributed by atoms with Crippen LogP contribution in [0.4, 0.5) is 5.69 Å². The smallest absolute Gasteiger partial charge is 0.0691 e. The molecule has 0 aromatic heterocycles. The number of nitrogens with zero attached hydrogens (tertiary/aromatic N) is 2. The van der Waals surface area contributed by atoms with Crippen LogP contribution in [0.1, 0.15) is 6.42 Å². The van der Waals surface area contributed by atoms with E-state index in [1.54, 1.807) is 0 Å². The van der Waals surface area contributed by atoms with Crippen molar-refractivity contribution < 1.29 is 4.84 Å². The highest BCUT2D eigenvalue weighted by molar-refractivity contribution is 6.30. The number of piperazine rings is 1. The largest absolute Gasteiger partial charge is 0.369 e. The zero-order valence-electron chi connectivity index (χ0n) is 10.5. The topological polar surface area (TPSA) is 41.7 Å². The summed E-state index contributed by atoms with van der Waals surface area (Å²) in [5, 5.41) is 0.801. The number of hydrogen-bond donors (Lipinski definition) is 1. The minimum Gasteiger partial charge on any atom is -0.369 e. The van der Waals surface area contributed by atoms with Crippen LogP contribution in [0.3, 0.4) is 0 Å². The molecule has 0 bridgehead atoms. The van der Waals surface area contributed by atoms with Gasteiger partial charge in [0.25, 0.3) is 0 Å². The van der Waals surface area contributed by atoms with Gasteiger partial charge in [0.05, 0.1) is 6.61 Å². The van der Waals surface area contributed by atoms with Crippen molar-refractivity contribution in [1.29, 1.82) is 0 Å². The highest BCUT2D eigenvalue weighted by atomic mass is 35.5. The van der Waals surface area contributed by atoms with E-state index in [2.05, 4.69) is 20.7 Å². The van der Waals surface area contributed by atoms with Crippen LogP contribution in [-0.4, -0.2) is 44.2 Å². The van der Waals surface area contributed by atoms with Gasteiger partial charge in [-0.2, -0.15) is 0 Å².